The van der Waals surface area contributed by atoms with E-state index >= 15 is 0 Å². The first-order chi connectivity index (χ1) is 10.4. The molecule has 0 atom stereocenters. The summed E-state index contributed by atoms with van der Waals surface area (Å²) in [6.45, 7) is 9.40. The van der Waals surface area contributed by atoms with Crippen LogP contribution in [0.5, 0.6) is 0 Å². The highest BCUT2D eigenvalue weighted by Gasteiger charge is 2.04. The van der Waals surface area contributed by atoms with Gasteiger partial charge in [0.2, 0.25) is 5.95 Å². The Morgan fingerprint density at radius 1 is 1.14 bits per heavy atom. The average molecular weight is 363 g/mol. The first-order valence-electron chi connectivity index (χ1n) is 7.57. The molecule has 0 unspecified atom stereocenters. The van der Waals surface area contributed by atoms with E-state index in [1.54, 1.807) is 0 Å². The van der Waals surface area contributed by atoms with E-state index in [4.69, 9.17) is 0 Å². The van der Waals surface area contributed by atoms with Crippen molar-refractivity contribution in [2.24, 2.45) is 5.92 Å². The Labute approximate surface area is 140 Å². The summed E-state index contributed by atoms with van der Waals surface area (Å²) in [4.78, 5) is 8.98. The van der Waals surface area contributed by atoms with Crippen LogP contribution in [0.3, 0.4) is 0 Å². The van der Waals surface area contributed by atoms with Crippen LogP contribution in [0.2, 0.25) is 0 Å². The molecule has 0 bridgehead atoms. The third kappa shape index (κ3) is 4.98. The molecule has 2 rings (SSSR count). The number of hydrogen-bond acceptors (Lipinski definition) is 4. The predicted octanol–water partition coefficient (Wildman–Crippen LogP) is 5.06. The first kappa shape index (κ1) is 16.7. The van der Waals surface area contributed by atoms with Gasteiger partial charge in [-0.25, -0.2) is 4.98 Å². The minimum Gasteiger partial charge on any atom is -0.370 e. The number of nitrogens with one attached hydrogen (secondary N) is 2. The Balaban J connectivity index is 2.10. The smallest absolute Gasteiger partial charge is 0.229 e. The molecule has 0 aliphatic heterocycles. The fourth-order valence-electron chi connectivity index (χ4n) is 2.06. The van der Waals surface area contributed by atoms with Crippen molar-refractivity contribution in [2.75, 3.05) is 17.2 Å². The number of benzene rings is 1. The number of hydrogen-bond donors (Lipinski definition) is 2. The predicted molar refractivity (Wildman–Crippen MR) is 96.9 cm³/mol. The number of aromatic nitrogens is 2. The van der Waals surface area contributed by atoms with E-state index in [1.165, 1.54) is 5.56 Å². The molecule has 0 aliphatic rings. The highest BCUT2D eigenvalue weighted by Crippen LogP contribution is 2.22. The molecule has 2 aromatic rings. The van der Waals surface area contributed by atoms with Gasteiger partial charge in [0.25, 0.3) is 0 Å². The van der Waals surface area contributed by atoms with Crippen molar-refractivity contribution in [3.8, 4) is 0 Å². The molecule has 0 fully saturated rings. The van der Waals surface area contributed by atoms with Crippen LogP contribution in [0, 0.1) is 19.8 Å². The summed E-state index contributed by atoms with van der Waals surface area (Å²) in [6.07, 6.45) is 1.12. The fraction of sp³-hybridized carbons (Fsp3) is 0.412. The fourth-order valence-corrected chi connectivity index (χ4v) is 2.30. The standard InChI is InChI=1S/C17H23BrN4/c1-11(2)7-8-19-16-10-13(4)20-17(22-16)21-14-5-6-15(18)12(3)9-14/h5-6,9-11H,7-8H2,1-4H3,(H2,19,20,21,22). The molecule has 1 heterocycles. The zero-order chi connectivity index (χ0) is 16.1. The summed E-state index contributed by atoms with van der Waals surface area (Å²) in [6, 6.07) is 8.07. The summed E-state index contributed by atoms with van der Waals surface area (Å²) >= 11 is 3.51. The van der Waals surface area contributed by atoms with E-state index in [2.05, 4.69) is 63.4 Å². The lowest BCUT2D eigenvalue weighted by Gasteiger charge is -2.11. The molecule has 0 radical (unpaired) electrons. The zero-order valence-corrected chi connectivity index (χ0v) is 15.2. The third-order valence-electron chi connectivity index (χ3n) is 3.30. The van der Waals surface area contributed by atoms with Crippen molar-refractivity contribution in [3.63, 3.8) is 0 Å². The van der Waals surface area contributed by atoms with Gasteiger partial charge in [-0.1, -0.05) is 29.8 Å². The molecule has 0 aliphatic carbocycles. The van der Waals surface area contributed by atoms with Crippen molar-refractivity contribution >= 4 is 33.4 Å². The maximum atomic E-state index is 4.53. The lowest BCUT2D eigenvalue weighted by atomic mass is 10.1. The second kappa shape index (κ2) is 7.58. The van der Waals surface area contributed by atoms with Gasteiger partial charge in [0.05, 0.1) is 0 Å². The Bertz CT molecular complexity index is 641. The summed E-state index contributed by atoms with van der Waals surface area (Å²) < 4.78 is 1.10. The van der Waals surface area contributed by atoms with Gasteiger partial charge < -0.3 is 10.6 Å². The van der Waals surface area contributed by atoms with Crippen molar-refractivity contribution in [3.05, 3.63) is 40.0 Å². The van der Waals surface area contributed by atoms with Crippen molar-refractivity contribution in [1.29, 1.82) is 0 Å². The third-order valence-corrected chi connectivity index (χ3v) is 4.19. The largest absolute Gasteiger partial charge is 0.370 e. The first-order valence-corrected chi connectivity index (χ1v) is 8.36. The second-order valence-electron chi connectivity index (χ2n) is 5.92. The van der Waals surface area contributed by atoms with E-state index in [9.17, 15) is 0 Å². The van der Waals surface area contributed by atoms with E-state index < -0.39 is 0 Å². The van der Waals surface area contributed by atoms with Gasteiger partial charge in [-0.3, -0.25) is 0 Å². The molecule has 0 saturated heterocycles. The number of anilines is 3. The zero-order valence-electron chi connectivity index (χ0n) is 13.6. The van der Waals surface area contributed by atoms with E-state index in [0.29, 0.717) is 11.9 Å². The summed E-state index contributed by atoms with van der Waals surface area (Å²) in [5.41, 5.74) is 3.10. The van der Waals surface area contributed by atoms with Crippen LogP contribution in [-0.4, -0.2) is 16.5 Å². The molecule has 4 nitrogen and oxygen atoms in total. The normalized spacial score (nSPS) is 10.8. The SMILES string of the molecule is Cc1cc(NCCC(C)C)nc(Nc2ccc(Br)c(C)c2)n1. The maximum Gasteiger partial charge on any atom is 0.229 e. The van der Waals surface area contributed by atoms with E-state index in [0.717, 1.165) is 34.6 Å². The van der Waals surface area contributed by atoms with Crippen LogP contribution >= 0.6 is 15.9 Å². The van der Waals surface area contributed by atoms with Crippen molar-refractivity contribution < 1.29 is 0 Å². The molecule has 0 spiro atoms. The second-order valence-corrected chi connectivity index (χ2v) is 6.77. The molecule has 22 heavy (non-hydrogen) atoms. The van der Waals surface area contributed by atoms with Crippen LogP contribution in [-0.2, 0) is 0 Å². The number of aryl methyl sites for hydroxylation is 2. The minimum atomic E-state index is 0.619. The van der Waals surface area contributed by atoms with Gasteiger partial charge >= 0.3 is 0 Å². The number of halogens is 1. The Hall–Kier alpha value is -1.62. The number of rotatable bonds is 6. The highest BCUT2D eigenvalue weighted by molar-refractivity contribution is 9.10. The molecular formula is C17H23BrN4. The molecule has 2 N–H and O–H groups in total. The van der Waals surface area contributed by atoms with E-state index in [-0.39, 0.29) is 0 Å². The Morgan fingerprint density at radius 3 is 2.59 bits per heavy atom. The molecule has 1 aromatic heterocycles. The van der Waals surface area contributed by atoms with Gasteiger partial charge in [0.1, 0.15) is 5.82 Å². The van der Waals surface area contributed by atoms with Crippen LogP contribution in [0.15, 0.2) is 28.7 Å². The Kier molecular flexibility index (Phi) is 5.77. The molecule has 1 aromatic carbocycles. The van der Waals surface area contributed by atoms with Gasteiger partial charge in [-0.2, -0.15) is 4.98 Å². The van der Waals surface area contributed by atoms with Gasteiger partial charge in [0.15, 0.2) is 0 Å². The topological polar surface area (TPSA) is 49.8 Å². The van der Waals surface area contributed by atoms with Crippen LogP contribution in [0.1, 0.15) is 31.5 Å². The minimum absolute atomic E-state index is 0.619. The summed E-state index contributed by atoms with van der Waals surface area (Å²) in [5.74, 6) is 2.16. The van der Waals surface area contributed by atoms with Gasteiger partial charge in [-0.15, -0.1) is 0 Å². The van der Waals surface area contributed by atoms with Crippen LogP contribution in [0.25, 0.3) is 0 Å². The Morgan fingerprint density at radius 2 is 1.91 bits per heavy atom. The van der Waals surface area contributed by atoms with Crippen molar-refractivity contribution in [2.45, 2.75) is 34.1 Å². The van der Waals surface area contributed by atoms with Gasteiger partial charge in [-0.05, 0) is 49.9 Å². The average Bonchev–Trinajstić information content (AvgIpc) is 2.42. The molecule has 0 saturated carbocycles. The lowest BCUT2D eigenvalue weighted by molar-refractivity contribution is 0.606. The molecule has 118 valence electrons. The van der Waals surface area contributed by atoms with Crippen molar-refractivity contribution in [1.82, 2.24) is 9.97 Å². The monoisotopic (exact) mass is 362 g/mol. The van der Waals surface area contributed by atoms with Crippen LogP contribution < -0.4 is 10.6 Å². The molecular weight excluding hydrogens is 340 g/mol. The summed E-state index contributed by atoms with van der Waals surface area (Å²) in [7, 11) is 0. The molecule has 0 amide bonds. The number of nitrogens with zero attached hydrogens (tertiary/aromatic N) is 2. The lowest BCUT2D eigenvalue weighted by Crippen LogP contribution is -2.08. The van der Waals surface area contributed by atoms with E-state index in [1.807, 2.05) is 25.1 Å². The highest BCUT2D eigenvalue weighted by atomic mass is 79.9. The molecule has 5 heteroatoms. The maximum absolute atomic E-state index is 4.53. The van der Waals surface area contributed by atoms with Gasteiger partial charge in [0, 0.05) is 28.5 Å². The summed E-state index contributed by atoms with van der Waals surface area (Å²) in [5, 5.41) is 6.63. The van der Waals surface area contributed by atoms with Crippen LogP contribution in [0.4, 0.5) is 17.5 Å². The quantitative estimate of drug-likeness (QED) is 0.753.